The zero-order valence-corrected chi connectivity index (χ0v) is 9.40. The van der Waals surface area contributed by atoms with Crippen molar-refractivity contribution >= 4 is 23.1 Å². The van der Waals surface area contributed by atoms with Crippen LogP contribution in [0.2, 0.25) is 0 Å². The highest BCUT2D eigenvalue weighted by Crippen LogP contribution is 2.12. The summed E-state index contributed by atoms with van der Waals surface area (Å²) in [6.07, 6.45) is 1.69. The van der Waals surface area contributed by atoms with Gasteiger partial charge < -0.3 is 4.74 Å². The van der Waals surface area contributed by atoms with E-state index in [1.165, 1.54) is 12.5 Å². The molecule has 1 aromatic rings. The number of aldehydes is 1. The molecule has 0 bridgehead atoms. The van der Waals surface area contributed by atoms with Crippen LogP contribution in [0.5, 0.6) is 0 Å². The number of hydrogen-bond donors (Lipinski definition) is 0. The molecule has 0 aliphatic carbocycles. The van der Waals surface area contributed by atoms with Crippen molar-refractivity contribution in [2.24, 2.45) is 0 Å². The first-order valence-electron chi connectivity index (χ1n) is 4.40. The summed E-state index contributed by atoms with van der Waals surface area (Å²) in [7, 11) is -0.299. The van der Waals surface area contributed by atoms with Gasteiger partial charge in [-0.1, -0.05) is 18.2 Å². The van der Waals surface area contributed by atoms with Crippen LogP contribution in [0.1, 0.15) is 10.4 Å². The Morgan fingerprint density at radius 3 is 2.69 bits per heavy atom. The summed E-state index contributed by atoms with van der Waals surface area (Å²) < 4.78 is 16.1. The maximum atomic E-state index is 11.7. The molecule has 0 saturated carbocycles. The number of methoxy groups -OCH3 is 1. The van der Waals surface area contributed by atoms with Gasteiger partial charge in [-0.2, -0.15) is 0 Å². The predicted octanol–water partition coefficient (Wildman–Crippen LogP) is 1.29. The summed E-state index contributed by atoms with van der Waals surface area (Å²) in [5, 5.41) is 1.19. The maximum absolute atomic E-state index is 11.7. The molecule has 4 nitrogen and oxygen atoms in total. The molecule has 1 atom stereocenters. The van der Waals surface area contributed by atoms with E-state index in [0.717, 1.165) is 6.08 Å². The summed E-state index contributed by atoms with van der Waals surface area (Å²) in [6.45, 7) is 0. The second kappa shape index (κ2) is 5.97. The molecule has 1 unspecified atom stereocenters. The largest absolute Gasteiger partial charge is 0.466 e. The van der Waals surface area contributed by atoms with Crippen LogP contribution in [0.15, 0.2) is 40.6 Å². The number of hydrogen-bond acceptors (Lipinski definition) is 4. The van der Waals surface area contributed by atoms with Crippen molar-refractivity contribution in [2.75, 3.05) is 7.11 Å². The minimum atomic E-state index is -1.53. The summed E-state index contributed by atoms with van der Waals surface area (Å²) in [5.41, 5.74) is 0.343. The Morgan fingerprint density at radius 1 is 1.38 bits per heavy atom. The molecule has 16 heavy (non-hydrogen) atoms. The molecule has 84 valence electrons. The standard InChI is InChI=1S/C11H10O4S/c1-15-11(13)6-7-16(14)10-5-3-2-4-9(10)8-12/h2-8H,1H3/b7-6+. The van der Waals surface area contributed by atoms with Crippen LogP contribution in [-0.4, -0.2) is 23.6 Å². The van der Waals surface area contributed by atoms with Gasteiger partial charge in [0.05, 0.1) is 22.8 Å². The molecule has 0 radical (unpaired) electrons. The zero-order chi connectivity index (χ0) is 12.0. The van der Waals surface area contributed by atoms with E-state index < -0.39 is 16.8 Å². The van der Waals surface area contributed by atoms with Crippen molar-refractivity contribution in [3.05, 3.63) is 41.3 Å². The van der Waals surface area contributed by atoms with Crippen molar-refractivity contribution in [1.82, 2.24) is 0 Å². The number of carbonyl (C=O) groups is 2. The fraction of sp³-hybridized carbons (Fsp3) is 0.0909. The Bertz CT molecular complexity index is 451. The van der Waals surface area contributed by atoms with Gasteiger partial charge in [-0.25, -0.2) is 9.00 Å². The zero-order valence-electron chi connectivity index (χ0n) is 8.58. The smallest absolute Gasteiger partial charge is 0.331 e. The van der Waals surface area contributed by atoms with Crippen LogP contribution in [0.3, 0.4) is 0 Å². The highest BCUT2D eigenvalue weighted by molar-refractivity contribution is 7.88. The van der Waals surface area contributed by atoms with E-state index in [9.17, 15) is 13.8 Å². The third-order valence-corrected chi connectivity index (χ3v) is 2.98. The van der Waals surface area contributed by atoms with Crippen molar-refractivity contribution < 1.29 is 18.5 Å². The Labute approximate surface area is 95.4 Å². The highest BCUT2D eigenvalue weighted by atomic mass is 32.2. The Morgan fingerprint density at radius 2 is 2.06 bits per heavy atom. The Hall–Kier alpha value is -1.75. The van der Waals surface area contributed by atoms with Crippen molar-refractivity contribution in [3.8, 4) is 0 Å². The summed E-state index contributed by atoms with van der Waals surface area (Å²) in [6, 6.07) is 6.48. The molecule has 0 amide bonds. The molecule has 1 rings (SSSR count). The van der Waals surface area contributed by atoms with Gasteiger partial charge in [0, 0.05) is 17.0 Å². The fourth-order valence-electron chi connectivity index (χ4n) is 1.02. The predicted molar refractivity (Wildman–Crippen MR) is 59.4 cm³/mol. The third kappa shape index (κ3) is 3.13. The lowest BCUT2D eigenvalue weighted by Gasteiger charge is -1.99. The van der Waals surface area contributed by atoms with E-state index in [0.29, 0.717) is 16.7 Å². The third-order valence-electron chi connectivity index (χ3n) is 1.79. The van der Waals surface area contributed by atoms with Crippen molar-refractivity contribution in [1.29, 1.82) is 0 Å². The Kier molecular flexibility index (Phi) is 4.60. The van der Waals surface area contributed by atoms with Gasteiger partial charge in [-0.3, -0.25) is 4.79 Å². The van der Waals surface area contributed by atoms with Crippen LogP contribution in [-0.2, 0) is 20.3 Å². The number of carbonyl (C=O) groups excluding carboxylic acids is 2. The van der Waals surface area contributed by atoms with E-state index in [2.05, 4.69) is 4.74 Å². The second-order valence-electron chi connectivity index (χ2n) is 2.78. The van der Waals surface area contributed by atoms with Crippen molar-refractivity contribution in [2.45, 2.75) is 4.90 Å². The van der Waals surface area contributed by atoms with E-state index in [1.807, 2.05) is 0 Å². The van der Waals surface area contributed by atoms with Gasteiger partial charge in [-0.05, 0) is 6.07 Å². The lowest BCUT2D eigenvalue weighted by Crippen LogP contribution is -1.97. The van der Waals surface area contributed by atoms with E-state index in [4.69, 9.17) is 0 Å². The average Bonchev–Trinajstić information content (AvgIpc) is 2.35. The normalized spacial score (nSPS) is 12.3. The lowest BCUT2D eigenvalue weighted by molar-refractivity contribution is -0.134. The molecule has 0 aliphatic heterocycles. The summed E-state index contributed by atoms with van der Waals surface area (Å²) >= 11 is 0. The molecule has 5 heteroatoms. The van der Waals surface area contributed by atoms with Crippen LogP contribution >= 0.6 is 0 Å². The van der Waals surface area contributed by atoms with Gasteiger partial charge >= 0.3 is 5.97 Å². The molecule has 0 heterocycles. The van der Waals surface area contributed by atoms with Gasteiger partial charge in [0.1, 0.15) is 0 Å². The SMILES string of the molecule is COC(=O)/C=C/S(=O)c1ccccc1C=O. The second-order valence-corrected chi connectivity index (χ2v) is 4.09. The first-order valence-corrected chi connectivity index (χ1v) is 5.61. The summed E-state index contributed by atoms with van der Waals surface area (Å²) in [4.78, 5) is 21.8. The lowest BCUT2D eigenvalue weighted by atomic mass is 10.2. The minimum Gasteiger partial charge on any atom is -0.466 e. The molecule has 1 aromatic carbocycles. The maximum Gasteiger partial charge on any atom is 0.331 e. The highest BCUT2D eigenvalue weighted by Gasteiger charge is 2.06. The number of ether oxygens (including phenoxy) is 1. The van der Waals surface area contributed by atoms with Gasteiger partial charge in [-0.15, -0.1) is 0 Å². The molecule has 0 aliphatic rings. The van der Waals surface area contributed by atoms with Gasteiger partial charge in [0.2, 0.25) is 0 Å². The molecule has 0 fully saturated rings. The van der Waals surface area contributed by atoms with Gasteiger partial charge in [0.25, 0.3) is 0 Å². The monoisotopic (exact) mass is 238 g/mol. The van der Waals surface area contributed by atoms with Crippen molar-refractivity contribution in [3.63, 3.8) is 0 Å². The molecule has 0 N–H and O–H groups in total. The molecular weight excluding hydrogens is 228 g/mol. The molecule has 0 saturated heterocycles. The first kappa shape index (κ1) is 12.3. The van der Waals surface area contributed by atoms with E-state index >= 15 is 0 Å². The number of benzene rings is 1. The Balaban J connectivity index is 2.92. The van der Waals surface area contributed by atoms with Crippen LogP contribution < -0.4 is 0 Å². The average molecular weight is 238 g/mol. The van der Waals surface area contributed by atoms with Crippen LogP contribution in [0.4, 0.5) is 0 Å². The number of esters is 1. The molecule has 0 aromatic heterocycles. The topological polar surface area (TPSA) is 60.4 Å². The molecular formula is C11H10O4S. The first-order chi connectivity index (χ1) is 7.69. The fourth-order valence-corrected chi connectivity index (χ4v) is 1.96. The van der Waals surface area contributed by atoms with Crippen LogP contribution in [0, 0.1) is 0 Å². The van der Waals surface area contributed by atoms with Crippen LogP contribution in [0.25, 0.3) is 0 Å². The minimum absolute atomic E-state index is 0.343. The quantitative estimate of drug-likeness (QED) is 0.450. The number of rotatable bonds is 4. The molecule has 0 spiro atoms. The summed E-state index contributed by atoms with van der Waals surface area (Å²) in [5.74, 6) is -0.586. The van der Waals surface area contributed by atoms with E-state index in [1.54, 1.807) is 24.3 Å². The van der Waals surface area contributed by atoms with E-state index in [-0.39, 0.29) is 0 Å². The van der Waals surface area contributed by atoms with Gasteiger partial charge in [0.15, 0.2) is 6.29 Å².